The quantitative estimate of drug-likeness (QED) is 0.360. The predicted octanol–water partition coefficient (Wildman–Crippen LogP) is 5.58. The van der Waals surface area contributed by atoms with Crippen molar-refractivity contribution in [1.29, 1.82) is 0 Å². The number of aryl methyl sites for hydroxylation is 1. The molecule has 1 aromatic heterocycles. The van der Waals surface area contributed by atoms with Crippen LogP contribution in [-0.4, -0.2) is 23.2 Å². The van der Waals surface area contributed by atoms with Crippen LogP contribution in [0.5, 0.6) is 0 Å². The molecule has 0 saturated heterocycles. The van der Waals surface area contributed by atoms with Crippen LogP contribution in [0.2, 0.25) is 0 Å². The van der Waals surface area contributed by atoms with E-state index in [1.54, 1.807) is 18.3 Å². The summed E-state index contributed by atoms with van der Waals surface area (Å²) >= 11 is 1.76. The molecule has 0 saturated carbocycles. The van der Waals surface area contributed by atoms with Gasteiger partial charge in [0.15, 0.2) is 0 Å². The average Bonchev–Trinajstić information content (AvgIpc) is 3.01. The van der Waals surface area contributed by atoms with Crippen molar-refractivity contribution < 1.29 is 13.0 Å². The molecule has 136 valence electrons. The second-order valence-electron chi connectivity index (χ2n) is 6.26. The maximum Gasteiger partial charge on any atom is 0.267 e. The molecular formula is C20H21NO3S2. The average molecular weight is 388 g/mol. The van der Waals surface area contributed by atoms with Crippen molar-refractivity contribution in [3.63, 3.8) is 0 Å². The summed E-state index contributed by atoms with van der Waals surface area (Å²) in [5, 5.41) is 5.66. The minimum atomic E-state index is -3.75. The fraction of sp³-hybridized carbons (Fsp3) is 0.250. The zero-order valence-corrected chi connectivity index (χ0v) is 16.6. The Hall–Kier alpha value is -2.02. The van der Waals surface area contributed by atoms with E-state index in [1.807, 2.05) is 0 Å². The number of rotatable bonds is 2. The van der Waals surface area contributed by atoms with E-state index in [1.165, 1.54) is 33.2 Å². The van der Waals surface area contributed by atoms with Gasteiger partial charge in [-0.2, -0.15) is 8.42 Å². The van der Waals surface area contributed by atoms with E-state index in [2.05, 4.69) is 60.4 Å². The highest BCUT2D eigenvalue weighted by molar-refractivity contribution is 7.86. The Balaban J connectivity index is 0.000000211. The van der Waals surface area contributed by atoms with Gasteiger partial charge >= 0.3 is 0 Å². The first-order valence-corrected chi connectivity index (χ1v) is 10.8. The van der Waals surface area contributed by atoms with Crippen LogP contribution in [0.3, 0.4) is 0 Å². The van der Waals surface area contributed by atoms with Crippen LogP contribution >= 0.6 is 11.3 Å². The van der Waals surface area contributed by atoms with Crippen LogP contribution in [-0.2, 0) is 10.1 Å². The fourth-order valence-corrected chi connectivity index (χ4v) is 4.06. The minimum Gasteiger partial charge on any atom is -0.285 e. The van der Waals surface area contributed by atoms with Gasteiger partial charge in [-0.1, -0.05) is 49.4 Å². The smallest absolute Gasteiger partial charge is 0.267 e. The van der Waals surface area contributed by atoms with Gasteiger partial charge in [0.05, 0.1) is 20.5 Å². The van der Waals surface area contributed by atoms with Gasteiger partial charge in [-0.3, -0.25) is 4.55 Å². The normalized spacial score (nSPS) is 12.9. The summed E-state index contributed by atoms with van der Waals surface area (Å²) < 4.78 is 29.8. The number of benzene rings is 3. The Morgan fingerprint density at radius 3 is 2.38 bits per heavy atom. The van der Waals surface area contributed by atoms with Crippen LogP contribution in [0.25, 0.3) is 31.8 Å². The molecule has 26 heavy (non-hydrogen) atoms. The summed E-state index contributed by atoms with van der Waals surface area (Å²) in [6.07, 6.45) is 0.457. The molecule has 1 atom stereocenters. The number of fused-ring (bicyclic) bond motifs is 5. The van der Waals surface area contributed by atoms with E-state index < -0.39 is 15.4 Å². The van der Waals surface area contributed by atoms with Gasteiger partial charge in [0.2, 0.25) is 0 Å². The van der Waals surface area contributed by atoms with Gasteiger partial charge in [0.1, 0.15) is 0 Å². The van der Waals surface area contributed by atoms with Crippen molar-refractivity contribution in [2.75, 3.05) is 0 Å². The second-order valence-corrected chi connectivity index (χ2v) is 9.33. The summed E-state index contributed by atoms with van der Waals surface area (Å²) in [6.45, 7) is 5.24. The summed E-state index contributed by atoms with van der Waals surface area (Å²) in [4.78, 5) is 4.67. The van der Waals surface area contributed by atoms with Gasteiger partial charge < -0.3 is 0 Å². The number of hydrogen-bond donors (Lipinski definition) is 1. The van der Waals surface area contributed by atoms with Gasteiger partial charge in [0, 0.05) is 5.39 Å². The number of nitrogens with zero attached hydrogens (tertiary/aromatic N) is 1. The maximum absolute atomic E-state index is 10.1. The van der Waals surface area contributed by atoms with Gasteiger partial charge in [-0.25, -0.2) is 4.98 Å². The zero-order chi connectivity index (χ0) is 18.9. The molecule has 4 aromatic rings. The fourth-order valence-electron chi connectivity index (χ4n) is 2.80. The molecule has 4 nitrogen and oxygen atoms in total. The first-order valence-electron chi connectivity index (χ1n) is 8.45. The highest BCUT2D eigenvalue weighted by Crippen LogP contribution is 2.33. The van der Waals surface area contributed by atoms with Crippen LogP contribution in [0.15, 0.2) is 48.5 Å². The van der Waals surface area contributed by atoms with E-state index in [9.17, 15) is 8.42 Å². The highest BCUT2D eigenvalue weighted by atomic mass is 32.2. The van der Waals surface area contributed by atoms with Gasteiger partial charge in [0.25, 0.3) is 10.1 Å². The van der Waals surface area contributed by atoms with Crippen molar-refractivity contribution in [3.05, 3.63) is 53.5 Å². The molecule has 0 radical (unpaired) electrons. The second kappa shape index (κ2) is 7.31. The number of hydrogen-bond acceptors (Lipinski definition) is 4. The third kappa shape index (κ3) is 3.72. The lowest BCUT2D eigenvalue weighted by Crippen LogP contribution is -2.14. The van der Waals surface area contributed by atoms with Gasteiger partial charge in [-0.15, -0.1) is 11.3 Å². The van der Waals surface area contributed by atoms with Gasteiger partial charge in [-0.05, 0) is 42.5 Å². The zero-order valence-electron chi connectivity index (χ0n) is 14.9. The molecule has 0 aliphatic rings. The molecule has 6 heteroatoms. The van der Waals surface area contributed by atoms with E-state index in [4.69, 9.17) is 4.55 Å². The third-order valence-corrected chi connectivity index (χ3v) is 6.76. The van der Waals surface area contributed by atoms with Crippen molar-refractivity contribution in [1.82, 2.24) is 4.98 Å². The lowest BCUT2D eigenvalue weighted by molar-refractivity contribution is 0.468. The van der Waals surface area contributed by atoms with Crippen LogP contribution in [0.4, 0.5) is 0 Å². The maximum atomic E-state index is 10.1. The lowest BCUT2D eigenvalue weighted by atomic mass is 10.0. The summed E-state index contributed by atoms with van der Waals surface area (Å²) in [5.74, 6) is 0. The van der Waals surface area contributed by atoms with E-state index in [-0.39, 0.29) is 0 Å². The number of aromatic nitrogens is 1. The van der Waals surface area contributed by atoms with E-state index in [0.717, 1.165) is 10.5 Å². The SMILES string of the molecule is CCC(C)S(=O)(=O)O.Cc1nc2c(ccc3c4ccccc4ccc32)s1. The Morgan fingerprint density at radius 1 is 1.04 bits per heavy atom. The molecule has 0 spiro atoms. The van der Waals surface area contributed by atoms with E-state index in [0.29, 0.717) is 6.42 Å². The summed E-state index contributed by atoms with van der Waals surface area (Å²) in [6, 6.07) is 17.3. The highest BCUT2D eigenvalue weighted by Gasteiger charge is 2.13. The minimum absolute atomic E-state index is 0.457. The molecule has 4 rings (SSSR count). The first-order chi connectivity index (χ1) is 12.3. The van der Waals surface area contributed by atoms with Crippen molar-refractivity contribution in [3.8, 4) is 0 Å². The van der Waals surface area contributed by atoms with Crippen LogP contribution < -0.4 is 0 Å². The summed E-state index contributed by atoms with van der Waals surface area (Å²) in [7, 11) is -3.75. The molecular weight excluding hydrogens is 366 g/mol. The Morgan fingerprint density at radius 2 is 1.73 bits per heavy atom. The predicted molar refractivity (Wildman–Crippen MR) is 111 cm³/mol. The Labute approximate surface area is 157 Å². The molecule has 0 bridgehead atoms. The molecule has 1 unspecified atom stereocenters. The summed E-state index contributed by atoms with van der Waals surface area (Å²) in [5.41, 5.74) is 1.14. The molecule has 0 aliphatic heterocycles. The Kier molecular flexibility index (Phi) is 5.27. The van der Waals surface area contributed by atoms with Crippen LogP contribution in [0.1, 0.15) is 25.3 Å². The first kappa shape index (κ1) is 18.8. The standard InChI is InChI=1S/C16H11NS.C4H10O3S/c1-10-17-16-14-7-6-11-4-2-3-5-12(11)13(14)8-9-15(16)18-10;1-3-4(2)8(5,6)7/h2-9H,1H3;4H,3H2,1-2H3,(H,5,6,7). The van der Waals surface area contributed by atoms with E-state index >= 15 is 0 Å². The third-order valence-electron chi connectivity index (χ3n) is 4.47. The largest absolute Gasteiger partial charge is 0.285 e. The van der Waals surface area contributed by atoms with Crippen molar-refractivity contribution in [2.45, 2.75) is 32.4 Å². The molecule has 3 aromatic carbocycles. The van der Waals surface area contributed by atoms with Crippen LogP contribution in [0, 0.1) is 6.92 Å². The van der Waals surface area contributed by atoms with Crippen molar-refractivity contribution in [2.24, 2.45) is 0 Å². The molecule has 0 fully saturated rings. The number of thiazole rings is 1. The molecule has 0 amide bonds. The topological polar surface area (TPSA) is 67.3 Å². The molecule has 1 N–H and O–H groups in total. The van der Waals surface area contributed by atoms with Crippen molar-refractivity contribution >= 4 is 53.2 Å². The molecule has 1 heterocycles. The Bertz CT molecular complexity index is 1180. The molecule has 0 aliphatic carbocycles. The monoisotopic (exact) mass is 387 g/mol. The lowest BCUT2D eigenvalue weighted by Gasteiger charge is -2.03.